The highest BCUT2D eigenvalue weighted by Crippen LogP contribution is 2.53. The summed E-state index contributed by atoms with van der Waals surface area (Å²) in [6.07, 6.45) is -0.485. The van der Waals surface area contributed by atoms with Crippen molar-refractivity contribution in [2.45, 2.75) is 32.0 Å². The molecule has 24 heavy (non-hydrogen) atoms. The smallest absolute Gasteiger partial charge is 0.290 e. The molecule has 1 aliphatic rings. The Morgan fingerprint density at radius 3 is 2.62 bits per heavy atom. The van der Waals surface area contributed by atoms with E-state index in [9.17, 15) is 0 Å². The summed E-state index contributed by atoms with van der Waals surface area (Å²) in [6.45, 7) is 0.436. The standard InChI is InChI=1S/C20H16F2N2/c1-11-8-9-14-17-16(11)12-6-4-5-7-13(12)18-23-10-15(24(17)18)20(21,22)19(14,2)3/h4-10H,1-3H3/i1D3,10D. The zero-order valence-electron chi connectivity index (χ0n) is 17.1. The van der Waals surface area contributed by atoms with E-state index in [1.807, 2.05) is 0 Å². The second-order valence-corrected chi connectivity index (χ2v) is 6.86. The summed E-state index contributed by atoms with van der Waals surface area (Å²) < 4.78 is 64.4. The van der Waals surface area contributed by atoms with Gasteiger partial charge in [0.15, 0.2) is 0 Å². The molecule has 5 rings (SSSR count). The van der Waals surface area contributed by atoms with Crippen LogP contribution >= 0.6 is 0 Å². The highest BCUT2D eigenvalue weighted by atomic mass is 19.3. The van der Waals surface area contributed by atoms with Crippen LogP contribution in [0.1, 0.15) is 36.2 Å². The van der Waals surface area contributed by atoms with Crippen molar-refractivity contribution in [3.63, 3.8) is 0 Å². The highest BCUT2D eigenvalue weighted by Gasteiger charge is 2.54. The molecule has 0 bridgehead atoms. The molecule has 1 aliphatic heterocycles. The second-order valence-electron chi connectivity index (χ2n) is 6.86. The van der Waals surface area contributed by atoms with E-state index in [4.69, 9.17) is 5.48 Å². The molecular formula is C20H16F2N2. The number of fused-ring (bicyclic) bond motifs is 3. The Bertz CT molecular complexity index is 1320. The number of aromatic nitrogens is 2. The third kappa shape index (κ3) is 1.31. The van der Waals surface area contributed by atoms with Gasteiger partial charge in [-0.1, -0.05) is 36.4 Å². The van der Waals surface area contributed by atoms with Crippen LogP contribution in [0.2, 0.25) is 0 Å². The Kier molecular flexibility index (Phi) is 1.71. The Labute approximate surface area is 143 Å². The van der Waals surface area contributed by atoms with Crippen molar-refractivity contribution in [1.29, 1.82) is 0 Å². The van der Waals surface area contributed by atoms with Gasteiger partial charge in [0.25, 0.3) is 5.92 Å². The molecule has 0 unspecified atom stereocenters. The molecule has 0 saturated carbocycles. The minimum Gasteiger partial charge on any atom is -0.290 e. The maximum absolute atomic E-state index is 15.5. The Morgan fingerprint density at radius 2 is 1.88 bits per heavy atom. The molecule has 0 N–H and O–H groups in total. The number of pyridine rings is 1. The van der Waals surface area contributed by atoms with Crippen molar-refractivity contribution >= 4 is 27.3 Å². The van der Waals surface area contributed by atoms with Crippen LogP contribution in [0.5, 0.6) is 0 Å². The number of alkyl halides is 2. The molecule has 2 aromatic carbocycles. The molecule has 3 heterocycles. The average Bonchev–Trinajstić information content (AvgIpc) is 2.97. The van der Waals surface area contributed by atoms with E-state index in [-0.39, 0.29) is 11.2 Å². The Morgan fingerprint density at radius 1 is 1.12 bits per heavy atom. The number of nitrogens with zero attached hydrogens (tertiary/aromatic N) is 2. The lowest BCUT2D eigenvalue weighted by atomic mass is 9.74. The van der Waals surface area contributed by atoms with Crippen molar-refractivity contribution in [3.05, 3.63) is 59.4 Å². The van der Waals surface area contributed by atoms with Crippen LogP contribution in [0.4, 0.5) is 8.78 Å². The number of halogens is 2. The van der Waals surface area contributed by atoms with Crippen LogP contribution in [-0.2, 0) is 11.3 Å². The monoisotopic (exact) mass is 326 g/mol. The summed E-state index contributed by atoms with van der Waals surface area (Å²) in [5.41, 5.74) is -1.00. The first-order chi connectivity index (χ1) is 13.0. The summed E-state index contributed by atoms with van der Waals surface area (Å²) in [7, 11) is 0. The summed E-state index contributed by atoms with van der Waals surface area (Å²) in [5, 5.41) is 1.60. The first-order valence-corrected chi connectivity index (χ1v) is 7.73. The maximum Gasteiger partial charge on any atom is 0.298 e. The van der Waals surface area contributed by atoms with Gasteiger partial charge < -0.3 is 0 Å². The molecule has 120 valence electrons. The molecule has 2 nitrogen and oxygen atoms in total. The van der Waals surface area contributed by atoms with Crippen LogP contribution in [0.15, 0.2) is 42.6 Å². The van der Waals surface area contributed by atoms with Gasteiger partial charge in [-0.25, -0.2) is 4.98 Å². The highest BCUT2D eigenvalue weighted by molar-refractivity contribution is 6.14. The van der Waals surface area contributed by atoms with Crippen LogP contribution in [0.3, 0.4) is 0 Å². The van der Waals surface area contributed by atoms with Crippen molar-refractivity contribution in [2.75, 3.05) is 0 Å². The fourth-order valence-corrected chi connectivity index (χ4v) is 3.88. The lowest BCUT2D eigenvalue weighted by molar-refractivity contribution is -0.0790. The molecule has 0 amide bonds. The van der Waals surface area contributed by atoms with E-state index < -0.39 is 30.1 Å². The topological polar surface area (TPSA) is 17.3 Å². The summed E-state index contributed by atoms with van der Waals surface area (Å²) in [6, 6.07) is 9.95. The van der Waals surface area contributed by atoms with Crippen molar-refractivity contribution in [1.82, 2.24) is 9.38 Å². The SMILES string of the molecule is [2H]c1nc2c3ccccc3c3c(C([2H])([2H])[2H])ccc4c3n2c1C(F)(F)C4(C)C. The predicted molar refractivity (Wildman–Crippen MR) is 91.9 cm³/mol. The largest absolute Gasteiger partial charge is 0.298 e. The summed E-state index contributed by atoms with van der Waals surface area (Å²) >= 11 is 0. The number of imidazole rings is 1. The van der Waals surface area contributed by atoms with E-state index in [0.717, 1.165) is 0 Å². The minimum absolute atomic E-state index is 0.108. The number of hydrogen-bond acceptors (Lipinski definition) is 1. The fourth-order valence-electron chi connectivity index (χ4n) is 3.88. The molecule has 0 spiro atoms. The number of aryl methyl sites for hydroxylation is 1. The first kappa shape index (κ1) is 10.4. The van der Waals surface area contributed by atoms with Crippen molar-refractivity contribution in [3.8, 4) is 0 Å². The molecule has 0 radical (unpaired) electrons. The van der Waals surface area contributed by atoms with E-state index >= 15 is 8.78 Å². The van der Waals surface area contributed by atoms with Crippen LogP contribution in [-0.4, -0.2) is 9.38 Å². The molecule has 0 fully saturated rings. The molecule has 2 aromatic heterocycles. The van der Waals surface area contributed by atoms with Crippen LogP contribution in [0, 0.1) is 6.85 Å². The van der Waals surface area contributed by atoms with Gasteiger partial charge in [-0.15, -0.1) is 0 Å². The van der Waals surface area contributed by atoms with Gasteiger partial charge in [0.1, 0.15) is 11.3 Å². The van der Waals surface area contributed by atoms with Gasteiger partial charge in [0, 0.05) is 14.9 Å². The zero-order chi connectivity index (χ0) is 20.2. The zero-order valence-corrected chi connectivity index (χ0v) is 13.1. The van der Waals surface area contributed by atoms with Gasteiger partial charge in [0.05, 0.1) is 18.5 Å². The third-order valence-electron chi connectivity index (χ3n) is 5.30. The van der Waals surface area contributed by atoms with Gasteiger partial charge in [-0.2, -0.15) is 8.78 Å². The van der Waals surface area contributed by atoms with Crippen LogP contribution in [0.25, 0.3) is 27.3 Å². The number of hydrogen-bond donors (Lipinski definition) is 0. The molecule has 0 atom stereocenters. The molecule has 4 aromatic rings. The number of rotatable bonds is 0. The number of benzene rings is 2. The lowest BCUT2D eigenvalue weighted by Gasteiger charge is -2.39. The van der Waals surface area contributed by atoms with Gasteiger partial charge in [-0.3, -0.25) is 4.40 Å². The first-order valence-electron chi connectivity index (χ1n) is 9.73. The van der Waals surface area contributed by atoms with E-state index in [0.29, 0.717) is 27.2 Å². The van der Waals surface area contributed by atoms with Gasteiger partial charge in [-0.05, 0) is 37.2 Å². The molecular weight excluding hydrogens is 306 g/mol. The third-order valence-corrected chi connectivity index (χ3v) is 5.30. The maximum atomic E-state index is 15.5. The average molecular weight is 326 g/mol. The van der Waals surface area contributed by atoms with E-state index in [2.05, 4.69) is 4.98 Å². The quantitative estimate of drug-likeness (QED) is 0.399. The fraction of sp³-hybridized carbons (Fsp3) is 0.250. The molecule has 0 saturated heterocycles. The van der Waals surface area contributed by atoms with Crippen molar-refractivity contribution < 1.29 is 14.3 Å². The van der Waals surface area contributed by atoms with Gasteiger partial charge >= 0.3 is 0 Å². The predicted octanol–water partition coefficient (Wildman–Crippen LogP) is 5.33. The van der Waals surface area contributed by atoms with Crippen molar-refractivity contribution in [2.24, 2.45) is 0 Å². The van der Waals surface area contributed by atoms with E-state index in [1.54, 1.807) is 24.3 Å². The van der Waals surface area contributed by atoms with E-state index in [1.165, 1.54) is 30.4 Å². The molecule has 0 aliphatic carbocycles. The van der Waals surface area contributed by atoms with Gasteiger partial charge in [0.2, 0.25) is 0 Å². The normalized spacial score (nSPS) is 21.0. The Hall–Kier alpha value is -2.49. The van der Waals surface area contributed by atoms with Crippen LogP contribution < -0.4 is 0 Å². The Balaban J connectivity index is 2.23. The second kappa shape index (κ2) is 3.94. The minimum atomic E-state index is -3.34. The summed E-state index contributed by atoms with van der Waals surface area (Å²) in [4.78, 5) is 4.16. The summed E-state index contributed by atoms with van der Waals surface area (Å²) in [5.74, 6) is -3.34. The molecule has 4 heteroatoms. The lowest BCUT2D eigenvalue weighted by Crippen LogP contribution is -2.42.